The largest absolute Gasteiger partial charge is 0.475 e. The van der Waals surface area contributed by atoms with Gasteiger partial charge in [-0.1, -0.05) is 52.8 Å². The number of carbonyl (C=O) groups excluding carboxylic acids is 2. The van der Waals surface area contributed by atoms with Crippen LogP contribution in [-0.2, 0) is 50.4 Å². The van der Waals surface area contributed by atoms with Crippen molar-refractivity contribution in [2.75, 3.05) is 37.0 Å². The van der Waals surface area contributed by atoms with Gasteiger partial charge in [0.15, 0.2) is 42.7 Å². The number of hydrogen-bond donors (Lipinski definition) is 4. The van der Waals surface area contributed by atoms with Crippen molar-refractivity contribution in [1.29, 1.82) is 0 Å². The SMILES string of the molecule is [C-]#[N+]CCOP1(=O)OC[C@H]2O[C@@H](n3cnc4c(=O)[nH]c(NC(=O)C(C)C)nc43)[C@H](OP(=O)(O)OC[C@H]3O[C@@H](n4cnc5c(NC(=O)c6ccccc6)ncnc54)C[C@@H]3O1)[C@@H]2O[Si](C)(C)C(C)(C)C. The summed E-state index contributed by atoms with van der Waals surface area (Å²) in [5.74, 6) is -1.42. The topological polar surface area (TPSA) is 298 Å². The predicted molar refractivity (Wildman–Crippen MR) is 242 cm³/mol. The molecule has 3 aliphatic heterocycles. The molecule has 2 bridgehead atoms. The fraction of sp³-hybridized carbons (Fsp3) is 0.525. The number of fused-ring (bicyclic) bond motifs is 5. The van der Waals surface area contributed by atoms with Gasteiger partial charge in [0.25, 0.3) is 11.5 Å². The molecule has 0 aliphatic carbocycles. The van der Waals surface area contributed by atoms with Gasteiger partial charge >= 0.3 is 15.6 Å². The number of imidazole rings is 2. The van der Waals surface area contributed by atoms with Gasteiger partial charge in [-0.05, 0) is 30.3 Å². The maximum Gasteiger partial charge on any atom is 0.475 e. The number of rotatable bonds is 11. The first-order valence-corrected chi connectivity index (χ1v) is 27.4. The minimum absolute atomic E-state index is 0.0908. The number of H-pyrrole nitrogens is 1. The van der Waals surface area contributed by atoms with E-state index in [1.807, 2.05) is 33.9 Å². The van der Waals surface area contributed by atoms with E-state index in [0.29, 0.717) is 5.56 Å². The lowest BCUT2D eigenvalue weighted by Gasteiger charge is -2.40. The first-order valence-electron chi connectivity index (χ1n) is 21.5. The first kappa shape index (κ1) is 49.3. The van der Waals surface area contributed by atoms with Crippen LogP contribution in [0.5, 0.6) is 0 Å². The molecule has 364 valence electrons. The second kappa shape index (κ2) is 19.3. The monoisotopic (exact) mass is 999 g/mol. The number of phosphoric ester groups is 2. The van der Waals surface area contributed by atoms with Crippen LogP contribution >= 0.6 is 15.6 Å². The maximum absolute atomic E-state index is 14.8. The Hall–Kier alpha value is -5.13. The van der Waals surface area contributed by atoms with E-state index in [1.54, 1.807) is 44.2 Å². The Balaban J connectivity index is 1.15. The van der Waals surface area contributed by atoms with Crippen LogP contribution in [0.3, 0.4) is 0 Å². The maximum atomic E-state index is 14.8. The zero-order valence-corrected chi connectivity index (χ0v) is 40.8. The molecule has 0 spiro atoms. The van der Waals surface area contributed by atoms with Crippen molar-refractivity contribution in [3.63, 3.8) is 0 Å². The first-order chi connectivity index (χ1) is 32.2. The average Bonchev–Trinajstić information content (AvgIpc) is 4.07. The van der Waals surface area contributed by atoms with Crippen LogP contribution in [0.2, 0.25) is 18.1 Å². The third kappa shape index (κ3) is 10.4. The van der Waals surface area contributed by atoms with Crippen LogP contribution in [0.4, 0.5) is 11.8 Å². The Kier molecular flexibility index (Phi) is 14.0. The minimum Gasteiger partial charge on any atom is -0.408 e. The van der Waals surface area contributed by atoms with E-state index in [-0.39, 0.29) is 53.7 Å². The Labute approximate surface area is 389 Å². The van der Waals surface area contributed by atoms with Gasteiger partial charge < -0.3 is 29.0 Å². The van der Waals surface area contributed by atoms with Gasteiger partial charge in [0.2, 0.25) is 18.4 Å². The number of benzene rings is 1. The van der Waals surface area contributed by atoms with Crippen LogP contribution in [0.25, 0.3) is 27.2 Å². The number of aromatic amines is 1. The van der Waals surface area contributed by atoms with Crippen LogP contribution in [0.1, 0.15) is 63.9 Å². The Morgan fingerprint density at radius 2 is 1.69 bits per heavy atom. The van der Waals surface area contributed by atoms with Gasteiger partial charge in [0, 0.05) is 17.9 Å². The van der Waals surface area contributed by atoms with E-state index in [2.05, 4.69) is 45.4 Å². The van der Waals surface area contributed by atoms with E-state index < -0.39 is 108 Å². The van der Waals surface area contributed by atoms with Gasteiger partial charge in [-0.2, -0.15) is 4.98 Å². The highest BCUT2D eigenvalue weighted by molar-refractivity contribution is 7.48. The number of nitrogens with one attached hydrogen (secondary N) is 3. The van der Waals surface area contributed by atoms with Crippen LogP contribution in [-0.4, -0.2) is 121 Å². The molecule has 1 aromatic carbocycles. The van der Waals surface area contributed by atoms with Gasteiger partial charge in [0.05, 0.1) is 25.9 Å². The molecule has 4 aromatic heterocycles. The van der Waals surface area contributed by atoms with E-state index in [9.17, 15) is 28.4 Å². The van der Waals surface area contributed by atoms with Crippen molar-refractivity contribution < 1.29 is 60.1 Å². The molecule has 28 heteroatoms. The van der Waals surface area contributed by atoms with Crippen LogP contribution < -0.4 is 16.2 Å². The number of carbonyl (C=O) groups is 2. The molecular formula is C40H51N11O14P2Si. The summed E-state index contributed by atoms with van der Waals surface area (Å²) in [6.45, 7) is 18.6. The summed E-state index contributed by atoms with van der Waals surface area (Å²) >= 11 is 0. The average molecular weight is 1000 g/mol. The quantitative estimate of drug-likeness (QED) is 0.0561. The van der Waals surface area contributed by atoms with E-state index in [0.717, 1.165) is 0 Å². The lowest BCUT2D eigenvalue weighted by Crippen LogP contribution is -2.50. The molecule has 3 fully saturated rings. The molecular weight excluding hydrogens is 949 g/mol. The van der Waals surface area contributed by atoms with Gasteiger partial charge in [-0.15, -0.1) is 0 Å². The zero-order chi connectivity index (χ0) is 48.8. The van der Waals surface area contributed by atoms with E-state index >= 15 is 0 Å². The molecule has 2 unspecified atom stereocenters. The van der Waals surface area contributed by atoms with Gasteiger partial charge in [-0.3, -0.25) is 56.4 Å². The highest BCUT2D eigenvalue weighted by atomic mass is 31.2. The summed E-state index contributed by atoms with van der Waals surface area (Å²) in [7, 11) is -12.7. The molecule has 5 aromatic rings. The molecule has 7 heterocycles. The minimum atomic E-state index is -5.17. The second-order valence-electron chi connectivity index (χ2n) is 18.0. The van der Waals surface area contributed by atoms with Crippen molar-refractivity contribution in [2.24, 2.45) is 5.92 Å². The Morgan fingerprint density at radius 1 is 0.971 bits per heavy atom. The summed E-state index contributed by atoms with van der Waals surface area (Å²) in [6.07, 6.45) is -5.19. The molecule has 3 aliphatic rings. The lowest BCUT2D eigenvalue weighted by atomic mass is 10.1. The molecule has 25 nitrogen and oxygen atoms in total. The van der Waals surface area contributed by atoms with Gasteiger partial charge in [-0.25, -0.2) is 35.6 Å². The molecule has 68 heavy (non-hydrogen) atoms. The zero-order valence-electron chi connectivity index (χ0n) is 38.0. The number of amides is 2. The lowest BCUT2D eigenvalue weighted by molar-refractivity contribution is -0.118. The number of nitrogens with zero attached hydrogens (tertiary/aromatic N) is 8. The molecule has 8 rings (SSSR count). The highest BCUT2D eigenvalue weighted by Crippen LogP contribution is 2.57. The van der Waals surface area contributed by atoms with E-state index in [4.69, 9.17) is 43.1 Å². The van der Waals surface area contributed by atoms with E-state index in [1.165, 1.54) is 28.1 Å². The van der Waals surface area contributed by atoms with Crippen molar-refractivity contribution in [3.8, 4) is 0 Å². The fourth-order valence-electron chi connectivity index (χ4n) is 7.30. The van der Waals surface area contributed by atoms with Crippen molar-refractivity contribution in [3.05, 3.63) is 76.6 Å². The molecule has 0 saturated carbocycles. The predicted octanol–water partition coefficient (Wildman–Crippen LogP) is 5.34. The number of hydrogen-bond acceptors (Lipinski definition) is 18. The Bertz CT molecular complexity index is 2890. The molecule has 3 saturated heterocycles. The summed E-state index contributed by atoms with van der Waals surface area (Å²) < 4.78 is 81.4. The third-order valence-electron chi connectivity index (χ3n) is 11.9. The second-order valence-corrected chi connectivity index (χ2v) is 25.7. The smallest absolute Gasteiger partial charge is 0.408 e. The Morgan fingerprint density at radius 3 is 2.41 bits per heavy atom. The highest BCUT2D eigenvalue weighted by Gasteiger charge is 2.56. The summed E-state index contributed by atoms with van der Waals surface area (Å²) in [4.78, 5) is 78.0. The van der Waals surface area contributed by atoms with Crippen LogP contribution in [0, 0.1) is 12.5 Å². The number of aromatic nitrogens is 8. The summed E-state index contributed by atoms with van der Waals surface area (Å²) in [5.41, 5.74) is -0.133. The third-order valence-corrected chi connectivity index (χ3v) is 18.8. The molecule has 2 amide bonds. The number of phosphoric acid groups is 2. The summed E-state index contributed by atoms with van der Waals surface area (Å²) in [5, 5.41) is 4.88. The normalized spacial score (nSPS) is 28.1. The molecule has 4 N–H and O–H groups in total. The number of ether oxygens (including phenoxy) is 2. The van der Waals surface area contributed by atoms with Crippen molar-refractivity contribution in [2.45, 2.75) is 102 Å². The van der Waals surface area contributed by atoms with Crippen molar-refractivity contribution >= 4 is 69.9 Å². The van der Waals surface area contributed by atoms with Gasteiger partial charge in [0.1, 0.15) is 49.7 Å². The fourth-order valence-corrected chi connectivity index (χ4v) is 10.9. The molecule has 0 radical (unpaired) electrons. The summed E-state index contributed by atoms with van der Waals surface area (Å²) in [6, 6.07) is 8.50. The van der Waals surface area contributed by atoms with Crippen LogP contribution in [0.15, 0.2) is 54.1 Å². The van der Waals surface area contributed by atoms with Crippen molar-refractivity contribution in [1.82, 2.24) is 39.0 Å². The number of anilines is 2. The molecule has 9 atom stereocenters. The standard InChI is InChI=1S/C40H51N11O14P2Si/c1-22(2)35(52)48-39-47-34-29(37(54)49-39)45-21-51(34)38-31-30(65-68(7,8)40(3,4)5)26(62-38)18-60-67(57,58-15-14-41-6)63-24-16-27(61-25(24)17-59-66(55,56)64-31)50-20-44-28-32(42-19-43-33(28)50)46-36(53)23-12-10-9-11-13-23/h9-13,19-22,24-27,30-31,38H,14-18H2,1-5,7-8H3,(H,55,56)(H,42,43,46,53)(H2,47,48,49,52,54)/t24-,25+,26+,27+,30+,31+,38+,67?/m0/s1.